The molecule has 0 bridgehead atoms. The third-order valence-corrected chi connectivity index (χ3v) is 5.08. The molecule has 0 aromatic rings. The number of hydrogen-bond donors (Lipinski definition) is 1. The molecule has 116 valence electrons. The summed E-state index contributed by atoms with van der Waals surface area (Å²) in [6.07, 6.45) is 6.05. The molecule has 2 rings (SSSR count). The smallest absolute Gasteiger partial charge is 0.251 e. The van der Waals surface area contributed by atoms with Gasteiger partial charge in [-0.1, -0.05) is 13.8 Å². The Morgan fingerprint density at radius 2 is 1.75 bits per heavy atom. The third-order valence-electron chi connectivity index (χ3n) is 5.08. The van der Waals surface area contributed by atoms with Gasteiger partial charge in [0.15, 0.2) is 0 Å². The second-order valence-electron chi connectivity index (χ2n) is 7.34. The lowest BCUT2D eigenvalue weighted by Gasteiger charge is -2.44. The number of nitrogens with zero attached hydrogens (tertiary/aromatic N) is 1. The van der Waals surface area contributed by atoms with Crippen LogP contribution in [-0.4, -0.2) is 42.1 Å². The average Bonchev–Trinajstić information content (AvgIpc) is 2.94. The van der Waals surface area contributed by atoms with Crippen LogP contribution in [0.1, 0.15) is 59.3 Å². The second-order valence-corrected chi connectivity index (χ2v) is 7.34. The van der Waals surface area contributed by atoms with Crippen LogP contribution in [-0.2, 0) is 9.53 Å². The molecule has 0 radical (unpaired) electrons. The minimum absolute atomic E-state index is 0.139. The van der Waals surface area contributed by atoms with Gasteiger partial charge in [-0.2, -0.15) is 0 Å². The van der Waals surface area contributed by atoms with Gasteiger partial charge in [-0.05, 0) is 50.9 Å². The highest BCUT2D eigenvalue weighted by Gasteiger charge is 2.40. The van der Waals surface area contributed by atoms with Gasteiger partial charge in [-0.25, -0.2) is 0 Å². The zero-order valence-corrected chi connectivity index (χ0v) is 13.3. The molecule has 1 unspecified atom stereocenters. The zero-order chi connectivity index (χ0) is 14.8. The number of carbonyl (C=O) groups is 1. The highest BCUT2D eigenvalue weighted by molar-refractivity contribution is 5.80. The molecule has 1 heterocycles. The van der Waals surface area contributed by atoms with Gasteiger partial charge < -0.3 is 15.4 Å². The SMILES string of the molecule is CC(OC1(CN)CCC(C)(C)CC1)C(=O)N1CCCC1. The van der Waals surface area contributed by atoms with Crippen molar-refractivity contribution in [3.63, 3.8) is 0 Å². The van der Waals surface area contributed by atoms with Crippen LogP contribution in [0.4, 0.5) is 0 Å². The second kappa shape index (κ2) is 6.02. The third kappa shape index (κ3) is 3.53. The summed E-state index contributed by atoms with van der Waals surface area (Å²) in [5, 5.41) is 0. The Hall–Kier alpha value is -0.610. The van der Waals surface area contributed by atoms with E-state index in [1.807, 2.05) is 11.8 Å². The molecular formula is C16H30N2O2. The Balaban J connectivity index is 1.94. The lowest BCUT2D eigenvalue weighted by molar-refractivity contribution is -0.160. The number of nitrogens with two attached hydrogens (primary N) is 1. The number of hydrogen-bond acceptors (Lipinski definition) is 3. The van der Waals surface area contributed by atoms with Crippen molar-refractivity contribution in [3.05, 3.63) is 0 Å². The van der Waals surface area contributed by atoms with Crippen molar-refractivity contribution in [2.24, 2.45) is 11.1 Å². The van der Waals surface area contributed by atoms with E-state index in [9.17, 15) is 4.79 Å². The van der Waals surface area contributed by atoms with Crippen LogP contribution in [0.3, 0.4) is 0 Å². The lowest BCUT2D eigenvalue weighted by Crippen LogP contribution is -2.50. The van der Waals surface area contributed by atoms with Crippen LogP contribution in [0.25, 0.3) is 0 Å². The van der Waals surface area contributed by atoms with Crippen molar-refractivity contribution in [2.45, 2.75) is 71.0 Å². The van der Waals surface area contributed by atoms with E-state index < -0.39 is 0 Å². The molecule has 20 heavy (non-hydrogen) atoms. The van der Waals surface area contributed by atoms with Crippen LogP contribution < -0.4 is 5.73 Å². The summed E-state index contributed by atoms with van der Waals surface area (Å²) in [6, 6.07) is 0. The molecule has 2 N–H and O–H groups in total. The quantitative estimate of drug-likeness (QED) is 0.861. The number of rotatable bonds is 4. The fraction of sp³-hybridized carbons (Fsp3) is 0.938. The molecule has 1 aliphatic carbocycles. The van der Waals surface area contributed by atoms with Gasteiger partial charge in [0.1, 0.15) is 6.10 Å². The van der Waals surface area contributed by atoms with Crippen LogP contribution in [0.15, 0.2) is 0 Å². The van der Waals surface area contributed by atoms with E-state index in [0.29, 0.717) is 12.0 Å². The summed E-state index contributed by atoms with van der Waals surface area (Å²) in [6.45, 7) is 8.77. The first-order valence-electron chi connectivity index (χ1n) is 8.04. The molecule has 0 spiro atoms. The predicted molar refractivity (Wildman–Crippen MR) is 80.4 cm³/mol. The maximum Gasteiger partial charge on any atom is 0.251 e. The van der Waals surface area contributed by atoms with Crippen LogP contribution >= 0.6 is 0 Å². The van der Waals surface area contributed by atoms with E-state index in [-0.39, 0.29) is 17.6 Å². The van der Waals surface area contributed by atoms with E-state index in [1.165, 1.54) is 0 Å². The molecule has 1 amide bonds. The first-order chi connectivity index (χ1) is 9.37. The number of likely N-dealkylation sites (tertiary alicyclic amines) is 1. The topological polar surface area (TPSA) is 55.6 Å². The average molecular weight is 282 g/mol. The summed E-state index contributed by atoms with van der Waals surface area (Å²) in [7, 11) is 0. The lowest BCUT2D eigenvalue weighted by atomic mass is 9.71. The van der Waals surface area contributed by atoms with Gasteiger partial charge in [0.25, 0.3) is 5.91 Å². The van der Waals surface area contributed by atoms with E-state index in [2.05, 4.69) is 13.8 Å². The minimum Gasteiger partial charge on any atom is -0.361 e. The maximum atomic E-state index is 12.4. The first kappa shape index (κ1) is 15.8. The molecular weight excluding hydrogens is 252 g/mol. The zero-order valence-electron chi connectivity index (χ0n) is 13.3. The molecule has 1 saturated carbocycles. The summed E-state index contributed by atoms with van der Waals surface area (Å²) in [5.74, 6) is 0.139. The van der Waals surface area contributed by atoms with E-state index in [4.69, 9.17) is 10.5 Å². The van der Waals surface area contributed by atoms with Crippen molar-refractivity contribution in [2.75, 3.05) is 19.6 Å². The Labute approximate surface area is 123 Å². The van der Waals surface area contributed by atoms with Crippen LogP contribution in [0.5, 0.6) is 0 Å². The highest BCUT2D eigenvalue weighted by atomic mass is 16.5. The van der Waals surface area contributed by atoms with Crippen molar-refractivity contribution in [3.8, 4) is 0 Å². The highest BCUT2D eigenvalue weighted by Crippen LogP contribution is 2.42. The molecule has 2 aliphatic rings. The maximum absolute atomic E-state index is 12.4. The van der Waals surface area contributed by atoms with Crippen molar-refractivity contribution in [1.82, 2.24) is 4.90 Å². The number of amides is 1. The fourth-order valence-corrected chi connectivity index (χ4v) is 3.37. The Morgan fingerprint density at radius 3 is 2.25 bits per heavy atom. The van der Waals surface area contributed by atoms with Crippen LogP contribution in [0, 0.1) is 5.41 Å². The van der Waals surface area contributed by atoms with E-state index >= 15 is 0 Å². The summed E-state index contributed by atoms with van der Waals surface area (Å²) >= 11 is 0. The summed E-state index contributed by atoms with van der Waals surface area (Å²) in [5.41, 5.74) is 6.07. The molecule has 1 aliphatic heterocycles. The van der Waals surface area contributed by atoms with Gasteiger partial charge in [0.2, 0.25) is 0 Å². The molecule has 1 saturated heterocycles. The summed E-state index contributed by atoms with van der Waals surface area (Å²) in [4.78, 5) is 14.3. The summed E-state index contributed by atoms with van der Waals surface area (Å²) < 4.78 is 6.18. The fourth-order valence-electron chi connectivity index (χ4n) is 3.37. The van der Waals surface area contributed by atoms with Crippen molar-refractivity contribution in [1.29, 1.82) is 0 Å². The normalized spacial score (nSPS) is 26.5. The molecule has 2 fully saturated rings. The molecule has 4 nitrogen and oxygen atoms in total. The van der Waals surface area contributed by atoms with Gasteiger partial charge in [0, 0.05) is 19.6 Å². The monoisotopic (exact) mass is 282 g/mol. The molecule has 0 aromatic heterocycles. The van der Waals surface area contributed by atoms with Crippen molar-refractivity contribution >= 4 is 5.91 Å². The number of carbonyl (C=O) groups excluding carboxylic acids is 1. The minimum atomic E-state index is -0.363. The van der Waals surface area contributed by atoms with E-state index in [0.717, 1.165) is 51.6 Å². The molecule has 0 aromatic carbocycles. The first-order valence-corrected chi connectivity index (χ1v) is 8.04. The Bertz CT molecular complexity index is 338. The van der Waals surface area contributed by atoms with Gasteiger partial charge >= 0.3 is 0 Å². The Morgan fingerprint density at radius 1 is 1.20 bits per heavy atom. The largest absolute Gasteiger partial charge is 0.361 e. The van der Waals surface area contributed by atoms with Crippen LogP contribution in [0.2, 0.25) is 0 Å². The van der Waals surface area contributed by atoms with Gasteiger partial charge in [-0.15, -0.1) is 0 Å². The number of ether oxygens (including phenoxy) is 1. The van der Waals surface area contributed by atoms with E-state index in [1.54, 1.807) is 0 Å². The molecule has 1 atom stereocenters. The molecule has 4 heteroatoms. The predicted octanol–water partition coefficient (Wildman–Crippen LogP) is 2.31. The van der Waals surface area contributed by atoms with Gasteiger partial charge in [0.05, 0.1) is 5.60 Å². The van der Waals surface area contributed by atoms with Crippen molar-refractivity contribution < 1.29 is 9.53 Å². The Kier molecular flexibility index (Phi) is 4.75. The van der Waals surface area contributed by atoms with Gasteiger partial charge in [-0.3, -0.25) is 4.79 Å². The standard InChI is InChI=1S/C16H30N2O2/c1-13(14(19)18-10-4-5-11-18)20-16(12-17)8-6-15(2,3)7-9-16/h13H,4-12,17H2,1-3H3.